The van der Waals surface area contributed by atoms with Crippen molar-refractivity contribution in [3.63, 3.8) is 0 Å². The lowest BCUT2D eigenvalue weighted by Crippen LogP contribution is -2.30. The van der Waals surface area contributed by atoms with Crippen LogP contribution in [0.25, 0.3) is 6.08 Å². The van der Waals surface area contributed by atoms with Crippen LogP contribution in [0.4, 0.5) is 0 Å². The van der Waals surface area contributed by atoms with Gasteiger partial charge in [-0.1, -0.05) is 13.0 Å². The maximum Gasteiger partial charge on any atom is 0.244 e. The molecule has 1 N–H and O–H groups in total. The summed E-state index contributed by atoms with van der Waals surface area (Å²) in [5.41, 5.74) is 0.915. The average Bonchev–Trinajstić information content (AvgIpc) is 2.83. The van der Waals surface area contributed by atoms with E-state index >= 15 is 0 Å². The van der Waals surface area contributed by atoms with E-state index in [0.29, 0.717) is 0 Å². The lowest BCUT2D eigenvalue weighted by molar-refractivity contribution is -0.117. The standard InChI is InChI=1S/C14H17NO3/c1-3-10(2)15-14(16)7-5-11-4-6-12-13(8-11)18-9-17-12/h4-8,10H,3,9H2,1-2H3,(H,15,16)/b7-5+. The Labute approximate surface area is 107 Å². The Bertz CT molecular complexity index is 468. The molecule has 1 heterocycles. The third-order valence-corrected chi connectivity index (χ3v) is 2.82. The number of hydrogen-bond acceptors (Lipinski definition) is 3. The van der Waals surface area contributed by atoms with Gasteiger partial charge in [0.15, 0.2) is 11.5 Å². The van der Waals surface area contributed by atoms with Crippen molar-refractivity contribution < 1.29 is 14.3 Å². The SMILES string of the molecule is CCC(C)NC(=O)/C=C/c1ccc2c(c1)OCO2. The Balaban J connectivity index is 1.98. The van der Waals surface area contributed by atoms with Crippen LogP contribution in [0.15, 0.2) is 24.3 Å². The summed E-state index contributed by atoms with van der Waals surface area (Å²) < 4.78 is 10.5. The number of fused-ring (bicyclic) bond motifs is 1. The Morgan fingerprint density at radius 3 is 3.00 bits per heavy atom. The van der Waals surface area contributed by atoms with E-state index in [4.69, 9.17) is 9.47 Å². The second kappa shape index (κ2) is 5.58. The van der Waals surface area contributed by atoms with Crippen molar-refractivity contribution >= 4 is 12.0 Å². The molecule has 1 unspecified atom stereocenters. The molecule has 1 aromatic carbocycles. The molecule has 18 heavy (non-hydrogen) atoms. The van der Waals surface area contributed by atoms with Gasteiger partial charge < -0.3 is 14.8 Å². The van der Waals surface area contributed by atoms with Crippen molar-refractivity contribution in [2.24, 2.45) is 0 Å². The Morgan fingerprint density at radius 1 is 1.44 bits per heavy atom. The molecule has 0 saturated carbocycles. The number of carbonyl (C=O) groups excluding carboxylic acids is 1. The first-order valence-electron chi connectivity index (χ1n) is 6.07. The molecule has 1 aliphatic rings. The van der Waals surface area contributed by atoms with Crippen molar-refractivity contribution in [1.29, 1.82) is 0 Å². The second-order valence-electron chi connectivity index (χ2n) is 4.26. The Kier molecular flexibility index (Phi) is 3.87. The highest BCUT2D eigenvalue weighted by Crippen LogP contribution is 2.32. The van der Waals surface area contributed by atoms with Crippen LogP contribution in [0.1, 0.15) is 25.8 Å². The molecule has 96 valence electrons. The molecule has 0 fully saturated rings. The van der Waals surface area contributed by atoms with Crippen LogP contribution < -0.4 is 14.8 Å². The number of nitrogens with one attached hydrogen (secondary N) is 1. The first kappa shape index (κ1) is 12.5. The zero-order valence-electron chi connectivity index (χ0n) is 10.6. The van der Waals surface area contributed by atoms with Gasteiger partial charge in [0, 0.05) is 12.1 Å². The van der Waals surface area contributed by atoms with Crippen LogP contribution >= 0.6 is 0 Å². The first-order valence-corrected chi connectivity index (χ1v) is 6.07. The third kappa shape index (κ3) is 3.03. The summed E-state index contributed by atoms with van der Waals surface area (Å²) in [6, 6.07) is 5.78. The molecule has 1 aliphatic heterocycles. The predicted octanol–water partition coefficient (Wildman–Crippen LogP) is 2.34. The minimum atomic E-state index is -0.0815. The summed E-state index contributed by atoms with van der Waals surface area (Å²) in [6.07, 6.45) is 4.22. The Hall–Kier alpha value is -1.97. The topological polar surface area (TPSA) is 47.6 Å². The third-order valence-electron chi connectivity index (χ3n) is 2.82. The molecule has 0 aliphatic carbocycles. The maximum atomic E-state index is 11.6. The molecule has 0 bridgehead atoms. The average molecular weight is 247 g/mol. The van der Waals surface area contributed by atoms with Gasteiger partial charge >= 0.3 is 0 Å². The predicted molar refractivity (Wildman–Crippen MR) is 69.5 cm³/mol. The summed E-state index contributed by atoms with van der Waals surface area (Å²) >= 11 is 0. The summed E-state index contributed by atoms with van der Waals surface area (Å²) in [5, 5.41) is 2.87. The largest absolute Gasteiger partial charge is 0.454 e. The van der Waals surface area contributed by atoms with E-state index < -0.39 is 0 Å². The van der Waals surface area contributed by atoms with Crippen molar-refractivity contribution in [3.8, 4) is 11.5 Å². The highest BCUT2D eigenvalue weighted by Gasteiger charge is 2.12. The van der Waals surface area contributed by atoms with Gasteiger partial charge in [-0.2, -0.15) is 0 Å². The first-order chi connectivity index (χ1) is 8.69. The fourth-order valence-electron chi connectivity index (χ4n) is 1.58. The quantitative estimate of drug-likeness (QED) is 0.831. The minimum absolute atomic E-state index is 0.0815. The van der Waals surface area contributed by atoms with Gasteiger partial charge in [0.2, 0.25) is 12.7 Å². The molecule has 0 radical (unpaired) electrons. The van der Waals surface area contributed by atoms with Gasteiger partial charge in [0.25, 0.3) is 0 Å². The number of amides is 1. The molecule has 2 rings (SSSR count). The zero-order valence-corrected chi connectivity index (χ0v) is 10.6. The van der Waals surface area contributed by atoms with Crippen LogP contribution in [0.5, 0.6) is 11.5 Å². The molecule has 0 aromatic heterocycles. The van der Waals surface area contributed by atoms with Gasteiger partial charge in [0.05, 0.1) is 0 Å². The summed E-state index contributed by atoms with van der Waals surface area (Å²) in [7, 11) is 0. The van der Waals surface area contributed by atoms with E-state index in [1.165, 1.54) is 6.08 Å². The number of ether oxygens (including phenoxy) is 2. The van der Waals surface area contributed by atoms with E-state index in [1.807, 2.05) is 32.0 Å². The molecule has 4 heteroatoms. The van der Waals surface area contributed by atoms with Crippen LogP contribution in [0.3, 0.4) is 0 Å². The fourth-order valence-corrected chi connectivity index (χ4v) is 1.58. The molecular weight excluding hydrogens is 230 g/mol. The molecule has 1 atom stereocenters. The van der Waals surface area contributed by atoms with Crippen LogP contribution in [0, 0.1) is 0 Å². The number of benzene rings is 1. The smallest absolute Gasteiger partial charge is 0.244 e. The van der Waals surface area contributed by atoms with Crippen LogP contribution in [-0.4, -0.2) is 18.7 Å². The van der Waals surface area contributed by atoms with E-state index in [1.54, 1.807) is 6.08 Å². The van der Waals surface area contributed by atoms with Gasteiger partial charge in [-0.3, -0.25) is 4.79 Å². The van der Waals surface area contributed by atoms with Gasteiger partial charge in [0.1, 0.15) is 0 Å². The van der Waals surface area contributed by atoms with Gasteiger partial charge in [-0.05, 0) is 37.1 Å². The van der Waals surface area contributed by atoms with Crippen molar-refractivity contribution in [3.05, 3.63) is 29.8 Å². The Morgan fingerprint density at radius 2 is 2.22 bits per heavy atom. The normalized spacial score (nSPS) is 14.8. The fraction of sp³-hybridized carbons (Fsp3) is 0.357. The molecule has 0 spiro atoms. The monoisotopic (exact) mass is 247 g/mol. The van der Waals surface area contributed by atoms with Crippen molar-refractivity contribution in [1.82, 2.24) is 5.32 Å². The van der Waals surface area contributed by atoms with Crippen LogP contribution in [-0.2, 0) is 4.79 Å². The molecule has 4 nitrogen and oxygen atoms in total. The van der Waals surface area contributed by atoms with E-state index in [-0.39, 0.29) is 18.7 Å². The molecular formula is C14H17NO3. The zero-order chi connectivity index (χ0) is 13.0. The van der Waals surface area contributed by atoms with Crippen molar-refractivity contribution in [2.75, 3.05) is 6.79 Å². The van der Waals surface area contributed by atoms with Crippen LogP contribution in [0.2, 0.25) is 0 Å². The second-order valence-corrected chi connectivity index (χ2v) is 4.26. The lowest BCUT2D eigenvalue weighted by atomic mass is 10.2. The van der Waals surface area contributed by atoms with E-state index in [0.717, 1.165) is 23.5 Å². The number of carbonyl (C=O) groups is 1. The highest BCUT2D eigenvalue weighted by atomic mass is 16.7. The maximum absolute atomic E-state index is 11.6. The molecule has 0 saturated heterocycles. The van der Waals surface area contributed by atoms with Crippen molar-refractivity contribution in [2.45, 2.75) is 26.3 Å². The summed E-state index contributed by atoms with van der Waals surface area (Å²) in [5.74, 6) is 1.39. The van der Waals surface area contributed by atoms with E-state index in [9.17, 15) is 4.79 Å². The lowest BCUT2D eigenvalue weighted by Gasteiger charge is -2.08. The summed E-state index contributed by atoms with van der Waals surface area (Å²) in [6.45, 7) is 4.27. The number of hydrogen-bond donors (Lipinski definition) is 1. The van der Waals surface area contributed by atoms with Gasteiger partial charge in [-0.25, -0.2) is 0 Å². The molecule has 1 amide bonds. The highest BCUT2D eigenvalue weighted by molar-refractivity contribution is 5.91. The summed E-state index contributed by atoms with van der Waals surface area (Å²) in [4.78, 5) is 11.6. The van der Waals surface area contributed by atoms with E-state index in [2.05, 4.69) is 5.32 Å². The molecule has 1 aromatic rings. The minimum Gasteiger partial charge on any atom is -0.454 e. The van der Waals surface area contributed by atoms with Gasteiger partial charge in [-0.15, -0.1) is 0 Å². The number of rotatable bonds is 4.